The molecule has 1 N–H and O–H groups in total. The Morgan fingerprint density at radius 2 is 1.48 bits per heavy atom. The molecule has 0 bridgehead atoms. The first kappa shape index (κ1) is 18.7. The number of rotatable bonds is 4. The Balaban J connectivity index is 1.74. The summed E-state index contributed by atoms with van der Waals surface area (Å²) in [6.45, 7) is 4.23. The number of benzene rings is 1. The van der Waals surface area contributed by atoms with Gasteiger partial charge in [0.05, 0.1) is 9.79 Å². The van der Waals surface area contributed by atoms with Gasteiger partial charge in [0.2, 0.25) is 10.0 Å². The summed E-state index contributed by atoms with van der Waals surface area (Å²) < 4.78 is 87.4. The number of sulfone groups is 1. The quantitative estimate of drug-likeness (QED) is 0.847. The highest BCUT2D eigenvalue weighted by Gasteiger charge is 2.65. The third-order valence-corrected chi connectivity index (χ3v) is 7.89. The van der Waals surface area contributed by atoms with Crippen molar-refractivity contribution in [3.8, 4) is 0 Å². The van der Waals surface area contributed by atoms with Gasteiger partial charge in [-0.1, -0.05) is 13.8 Å². The molecule has 2 fully saturated rings. The Hall–Kier alpha value is -1.13. The minimum Gasteiger partial charge on any atom is -0.214 e. The standard InChI is InChI=1S/C15H18F3NO4S2/c1-13(2)8-14(9-13)7-12(14)19-25(22,23)11-5-3-10(4-6-11)24(20,21)15(16,17)18/h3-6,12,19H,7-9H2,1-2H3. The molecule has 5 nitrogen and oxygen atoms in total. The number of sulfonamides is 1. The maximum Gasteiger partial charge on any atom is 0.501 e. The molecule has 0 aromatic heterocycles. The van der Waals surface area contributed by atoms with Gasteiger partial charge in [0.1, 0.15) is 0 Å². The van der Waals surface area contributed by atoms with Crippen LogP contribution in [0.25, 0.3) is 0 Å². The van der Waals surface area contributed by atoms with Gasteiger partial charge in [0.25, 0.3) is 9.84 Å². The Labute approximate surface area is 144 Å². The molecule has 1 atom stereocenters. The van der Waals surface area contributed by atoms with E-state index in [2.05, 4.69) is 18.6 Å². The first-order valence-corrected chi connectivity index (χ1v) is 10.6. The molecule has 2 aliphatic carbocycles. The minimum atomic E-state index is -5.49. The number of hydrogen-bond acceptors (Lipinski definition) is 4. The van der Waals surface area contributed by atoms with Gasteiger partial charge in [-0.05, 0) is 54.4 Å². The van der Waals surface area contributed by atoms with Crippen LogP contribution in [0.15, 0.2) is 34.1 Å². The summed E-state index contributed by atoms with van der Waals surface area (Å²) in [6.07, 6.45) is 2.60. The van der Waals surface area contributed by atoms with Crippen molar-refractivity contribution in [2.45, 2.75) is 54.5 Å². The van der Waals surface area contributed by atoms with Gasteiger partial charge in [0.15, 0.2) is 0 Å². The summed E-state index contributed by atoms with van der Waals surface area (Å²) in [7, 11) is -9.40. The molecule has 3 rings (SSSR count). The molecule has 2 saturated carbocycles. The number of nitrogens with one attached hydrogen (secondary N) is 1. The molecule has 1 spiro atoms. The van der Waals surface area contributed by atoms with Gasteiger partial charge < -0.3 is 0 Å². The topological polar surface area (TPSA) is 80.3 Å². The highest BCUT2D eigenvalue weighted by Crippen LogP contribution is 2.68. The smallest absolute Gasteiger partial charge is 0.214 e. The van der Waals surface area contributed by atoms with Gasteiger partial charge in [-0.3, -0.25) is 0 Å². The molecule has 0 saturated heterocycles. The van der Waals surface area contributed by atoms with Crippen LogP contribution < -0.4 is 4.72 Å². The van der Waals surface area contributed by atoms with Crippen LogP contribution in [0.1, 0.15) is 33.1 Å². The first-order valence-electron chi connectivity index (χ1n) is 7.62. The van der Waals surface area contributed by atoms with Crippen molar-refractivity contribution in [3.05, 3.63) is 24.3 Å². The van der Waals surface area contributed by atoms with E-state index in [9.17, 15) is 30.0 Å². The molecule has 0 heterocycles. The zero-order chi connectivity index (χ0) is 18.9. The van der Waals surface area contributed by atoms with Crippen molar-refractivity contribution in [2.24, 2.45) is 10.8 Å². The molecular weight excluding hydrogens is 379 g/mol. The summed E-state index contributed by atoms with van der Waals surface area (Å²) in [6, 6.07) is 2.89. The van der Waals surface area contributed by atoms with E-state index in [1.165, 1.54) is 0 Å². The molecule has 2 aliphatic rings. The maximum absolute atomic E-state index is 12.5. The van der Waals surface area contributed by atoms with E-state index in [-0.39, 0.29) is 21.8 Å². The Morgan fingerprint density at radius 3 is 1.92 bits per heavy atom. The highest BCUT2D eigenvalue weighted by atomic mass is 32.2. The Morgan fingerprint density at radius 1 is 1.00 bits per heavy atom. The van der Waals surface area contributed by atoms with E-state index in [1.807, 2.05) is 0 Å². The van der Waals surface area contributed by atoms with Gasteiger partial charge in [-0.25, -0.2) is 21.6 Å². The maximum atomic E-state index is 12.5. The fraction of sp³-hybridized carbons (Fsp3) is 0.600. The average molecular weight is 397 g/mol. The molecule has 0 aliphatic heterocycles. The van der Waals surface area contributed by atoms with Crippen LogP contribution in [0.2, 0.25) is 0 Å². The molecule has 0 amide bonds. The monoisotopic (exact) mass is 397 g/mol. The van der Waals surface area contributed by atoms with Crippen LogP contribution in [0.4, 0.5) is 13.2 Å². The molecule has 1 aromatic carbocycles. The Bertz CT molecular complexity index is 895. The molecule has 1 aromatic rings. The van der Waals surface area contributed by atoms with Crippen molar-refractivity contribution < 1.29 is 30.0 Å². The predicted molar refractivity (Wildman–Crippen MR) is 83.9 cm³/mol. The van der Waals surface area contributed by atoms with Crippen LogP contribution in [0, 0.1) is 10.8 Å². The predicted octanol–water partition coefficient (Wildman–Crippen LogP) is 2.84. The largest absolute Gasteiger partial charge is 0.501 e. The van der Waals surface area contributed by atoms with Crippen molar-refractivity contribution in [3.63, 3.8) is 0 Å². The molecule has 140 valence electrons. The van der Waals surface area contributed by atoms with Gasteiger partial charge >= 0.3 is 5.51 Å². The van der Waals surface area contributed by atoms with Gasteiger partial charge in [-0.15, -0.1) is 0 Å². The van der Waals surface area contributed by atoms with Crippen molar-refractivity contribution >= 4 is 19.9 Å². The van der Waals surface area contributed by atoms with E-state index < -0.39 is 30.3 Å². The summed E-state index contributed by atoms with van der Waals surface area (Å²) in [5, 5.41) is 0. The molecule has 25 heavy (non-hydrogen) atoms. The molecular formula is C15H18F3NO4S2. The van der Waals surface area contributed by atoms with E-state index in [1.54, 1.807) is 0 Å². The fourth-order valence-corrected chi connectivity index (χ4v) is 6.05. The van der Waals surface area contributed by atoms with Crippen LogP contribution in [0.5, 0.6) is 0 Å². The zero-order valence-corrected chi connectivity index (χ0v) is 15.2. The van der Waals surface area contributed by atoms with E-state index in [0.717, 1.165) is 31.4 Å². The molecule has 10 heteroatoms. The van der Waals surface area contributed by atoms with Crippen molar-refractivity contribution in [1.82, 2.24) is 4.72 Å². The van der Waals surface area contributed by atoms with E-state index in [4.69, 9.17) is 0 Å². The third-order valence-electron chi connectivity index (χ3n) is 4.90. The average Bonchev–Trinajstić information content (AvgIpc) is 3.07. The lowest BCUT2D eigenvalue weighted by molar-refractivity contribution is -0.0436. The molecule has 0 radical (unpaired) electrons. The fourth-order valence-electron chi connectivity index (χ4n) is 3.95. The van der Waals surface area contributed by atoms with Crippen molar-refractivity contribution in [1.29, 1.82) is 0 Å². The molecule has 1 unspecified atom stereocenters. The zero-order valence-electron chi connectivity index (χ0n) is 13.6. The van der Waals surface area contributed by atoms with Crippen LogP contribution in [-0.2, 0) is 19.9 Å². The lowest BCUT2D eigenvalue weighted by atomic mass is 9.61. The normalized spacial score (nSPS) is 24.8. The van der Waals surface area contributed by atoms with Crippen LogP contribution >= 0.6 is 0 Å². The second-order valence-corrected chi connectivity index (χ2v) is 11.3. The summed E-state index contributed by atoms with van der Waals surface area (Å²) >= 11 is 0. The van der Waals surface area contributed by atoms with Gasteiger partial charge in [0, 0.05) is 6.04 Å². The summed E-state index contributed by atoms with van der Waals surface area (Å²) in [5.41, 5.74) is -5.23. The third kappa shape index (κ3) is 3.19. The SMILES string of the molecule is CC1(C)CC2(CC2NS(=O)(=O)c2ccc(S(=O)(=O)C(F)(F)F)cc2)C1. The van der Waals surface area contributed by atoms with E-state index >= 15 is 0 Å². The second kappa shape index (κ2) is 5.20. The van der Waals surface area contributed by atoms with Gasteiger partial charge in [-0.2, -0.15) is 13.2 Å². The first-order chi connectivity index (χ1) is 11.2. The highest BCUT2D eigenvalue weighted by molar-refractivity contribution is 7.92. The summed E-state index contributed by atoms with van der Waals surface area (Å²) in [4.78, 5) is -1.24. The summed E-state index contributed by atoms with van der Waals surface area (Å²) in [5.74, 6) is 0. The number of hydrogen-bond donors (Lipinski definition) is 1. The second-order valence-electron chi connectivity index (χ2n) is 7.68. The van der Waals surface area contributed by atoms with Crippen LogP contribution in [0.3, 0.4) is 0 Å². The number of alkyl halides is 3. The van der Waals surface area contributed by atoms with E-state index in [0.29, 0.717) is 12.1 Å². The number of halogens is 3. The Kier molecular flexibility index (Phi) is 3.88. The lowest BCUT2D eigenvalue weighted by Crippen LogP contribution is -2.40. The van der Waals surface area contributed by atoms with Crippen molar-refractivity contribution in [2.75, 3.05) is 0 Å². The lowest BCUT2D eigenvalue weighted by Gasteiger charge is -2.44. The van der Waals surface area contributed by atoms with Crippen LogP contribution in [-0.4, -0.2) is 28.4 Å². The minimum absolute atomic E-state index is 0.00384.